The molecule has 9 heteroatoms. The van der Waals surface area contributed by atoms with Crippen molar-refractivity contribution in [2.75, 3.05) is 31.3 Å². The van der Waals surface area contributed by atoms with E-state index in [0.29, 0.717) is 22.7 Å². The Kier molecular flexibility index (Phi) is 5.26. The zero-order valence-electron chi connectivity index (χ0n) is 18.7. The average Bonchev–Trinajstić information content (AvgIpc) is 2.78. The van der Waals surface area contributed by atoms with Gasteiger partial charge in [0, 0.05) is 32.0 Å². The lowest BCUT2D eigenvalue weighted by molar-refractivity contribution is 0.313. The summed E-state index contributed by atoms with van der Waals surface area (Å²) in [6.45, 7) is 3.69. The fourth-order valence-corrected chi connectivity index (χ4v) is 4.31. The van der Waals surface area contributed by atoms with E-state index in [2.05, 4.69) is 49.7 Å². The third-order valence-corrected chi connectivity index (χ3v) is 5.95. The van der Waals surface area contributed by atoms with E-state index in [0.717, 1.165) is 25.2 Å². The molecule has 1 aliphatic rings. The summed E-state index contributed by atoms with van der Waals surface area (Å²) in [5, 5.41) is 6.71. The number of hydrogen-bond acceptors (Lipinski definition) is 7. The van der Waals surface area contributed by atoms with Gasteiger partial charge in [-0.2, -0.15) is 9.97 Å². The SMILES string of the molecule is CNc1c2cnc(Nc3ccc4c(c3)CN(C)CC4)nc2nc(=O)n1-c1c(C)cccc1F. The van der Waals surface area contributed by atoms with Crippen LogP contribution in [0.5, 0.6) is 0 Å². The monoisotopic (exact) mass is 445 g/mol. The summed E-state index contributed by atoms with van der Waals surface area (Å²) >= 11 is 0. The van der Waals surface area contributed by atoms with E-state index in [9.17, 15) is 9.18 Å². The number of likely N-dealkylation sites (N-methyl/N-ethyl adjacent to an activating group) is 1. The highest BCUT2D eigenvalue weighted by molar-refractivity contribution is 5.87. The molecule has 4 aromatic rings. The summed E-state index contributed by atoms with van der Waals surface area (Å²) in [5.41, 5.74) is 3.86. The van der Waals surface area contributed by atoms with Gasteiger partial charge in [0.15, 0.2) is 5.65 Å². The van der Waals surface area contributed by atoms with Crippen LogP contribution in [0.4, 0.5) is 21.8 Å². The predicted octanol–water partition coefficient (Wildman–Crippen LogP) is 3.40. The molecule has 0 unspecified atom stereocenters. The van der Waals surface area contributed by atoms with Gasteiger partial charge in [0.05, 0.1) is 11.1 Å². The van der Waals surface area contributed by atoms with E-state index in [-0.39, 0.29) is 11.3 Å². The molecule has 0 saturated heterocycles. The lowest BCUT2D eigenvalue weighted by Gasteiger charge is -2.25. The van der Waals surface area contributed by atoms with Crippen LogP contribution in [0.3, 0.4) is 0 Å². The van der Waals surface area contributed by atoms with Gasteiger partial charge in [-0.05, 0) is 55.3 Å². The van der Waals surface area contributed by atoms with E-state index in [4.69, 9.17) is 0 Å². The Morgan fingerprint density at radius 2 is 1.97 bits per heavy atom. The quantitative estimate of drug-likeness (QED) is 0.498. The first-order chi connectivity index (χ1) is 15.9. The first-order valence-corrected chi connectivity index (χ1v) is 10.7. The number of nitrogens with zero attached hydrogens (tertiary/aromatic N) is 5. The Bertz CT molecular complexity index is 1410. The van der Waals surface area contributed by atoms with Crippen molar-refractivity contribution in [2.45, 2.75) is 19.9 Å². The molecule has 0 saturated carbocycles. The Morgan fingerprint density at radius 1 is 1.12 bits per heavy atom. The fourth-order valence-electron chi connectivity index (χ4n) is 4.31. The lowest BCUT2D eigenvalue weighted by atomic mass is 9.99. The second kappa shape index (κ2) is 8.25. The molecule has 0 aliphatic carbocycles. The van der Waals surface area contributed by atoms with Crippen molar-refractivity contribution in [3.63, 3.8) is 0 Å². The number of halogens is 1. The average molecular weight is 446 g/mol. The minimum atomic E-state index is -0.624. The van der Waals surface area contributed by atoms with Crippen molar-refractivity contribution in [1.82, 2.24) is 24.4 Å². The van der Waals surface area contributed by atoms with Gasteiger partial charge in [-0.3, -0.25) is 0 Å². The summed E-state index contributed by atoms with van der Waals surface area (Å²) in [6.07, 6.45) is 2.62. The highest BCUT2D eigenvalue weighted by Crippen LogP contribution is 2.27. The van der Waals surface area contributed by atoms with Crippen LogP contribution in [0.1, 0.15) is 16.7 Å². The molecule has 0 fully saturated rings. The third kappa shape index (κ3) is 3.80. The normalized spacial score (nSPS) is 13.7. The molecule has 3 heterocycles. The van der Waals surface area contributed by atoms with Crippen molar-refractivity contribution >= 4 is 28.5 Å². The maximum atomic E-state index is 14.6. The number of fused-ring (bicyclic) bond motifs is 2. The minimum absolute atomic E-state index is 0.155. The molecule has 0 atom stereocenters. The van der Waals surface area contributed by atoms with E-state index >= 15 is 0 Å². The molecule has 0 amide bonds. The van der Waals surface area contributed by atoms with E-state index in [1.165, 1.54) is 21.8 Å². The number of aryl methyl sites for hydroxylation is 1. The number of aromatic nitrogens is 4. The van der Waals surface area contributed by atoms with Crippen molar-refractivity contribution in [1.29, 1.82) is 0 Å². The fraction of sp³-hybridized carbons (Fsp3) is 0.250. The first-order valence-electron chi connectivity index (χ1n) is 10.7. The standard InChI is InChI=1S/C24H24FN7O/c1-14-5-4-6-19(25)20(14)32-22(26-2)18-12-27-23(29-21(18)30-24(32)33)28-17-8-7-15-9-10-31(3)13-16(15)11-17/h4-8,11-12,26H,9-10,13H2,1-3H3,(H,28,29,30,33). The Hall–Kier alpha value is -3.85. The summed E-state index contributed by atoms with van der Waals surface area (Å²) in [5.74, 6) is 0.203. The zero-order valence-corrected chi connectivity index (χ0v) is 18.7. The van der Waals surface area contributed by atoms with Crippen LogP contribution in [-0.2, 0) is 13.0 Å². The molecule has 2 aromatic heterocycles. The summed E-state index contributed by atoms with van der Waals surface area (Å²) in [6, 6.07) is 10.9. The third-order valence-electron chi connectivity index (χ3n) is 5.95. The Labute approximate surface area is 190 Å². The van der Waals surface area contributed by atoms with Gasteiger partial charge < -0.3 is 15.5 Å². The van der Waals surface area contributed by atoms with E-state index in [1.54, 1.807) is 32.3 Å². The number of benzene rings is 2. The van der Waals surface area contributed by atoms with Gasteiger partial charge in [0.25, 0.3) is 0 Å². The van der Waals surface area contributed by atoms with Crippen molar-refractivity contribution in [3.8, 4) is 5.69 Å². The summed E-state index contributed by atoms with van der Waals surface area (Å²) < 4.78 is 15.8. The van der Waals surface area contributed by atoms with E-state index in [1.807, 2.05) is 6.07 Å². The molecular formula is C24H24FN7O. The number of anilines is 3. The molecule has 0 spiro atoms. The molecule has 0 bridgehead atoms. The maximum Gasteiger partial charge on any atom is 0.355 e. The van der Waals surface area contributed by atoms with Gasteiger partial charge in [0.1, 0.15) is 11.6 Å². The van der Waals surface area contributed by atoms with Crippen molar-refractivity contribution < 1.29 is 4.39 Å². The predicted molar refractivity (Wildman–Crippen MR) is 127 cm³/mol. The van der Waals surface area contributed by atoms with E-state index < -0.39 is 11.5 Å². The van der Waals surface area contributed by atoms with Gasteiger partial charge in [-0.1, -0.05) is 18.2 Å². The van der Waals surface area contributed by atoms with Gasteiger partial charge >= 0.3 is 5.69 Å². The summed E-state index contributed by atoms with van der Waals surface area (Å²) in [4.78, 5) is 28.2. The molecule has 2 N–H and O–H groups in total. The molecule has 8 nitrogen and oxygen atoms in total. The first kappa shape index (κ1) is 21.0. The number of rotatable bonds is 4. The second-order valence-electron chi connectivity index (χ2n) is 8.26. The van der Waals surface area contributed by atoms with Crippen LogP contribution in [0.2, 0.25) is 0 Å². The van der Waals surface area contributed by atoms with Crippen LogP contribution < -0.4 is 16.3 Å². The number of para-hydroxylation sites is 1. The molecule has 5 rings (SSSR count). The van der Waals surface area contributed by atoms with Crippen LogP contribution in [0.25, 0.3) is 16.7 Å². The highest BCUT2D eigenvalue weighted by atomic mass is 19.1. The molecule has 168 valence electrons. The molecule has 1 aliphatic heterocycles. The summed E-state index contributed by atoms with van der Waals surface area (Å²) in [7, 11) is 3.77. The number of nitrogens with one attached hydrogen (secondary N) is 2. The van der Waals surface area contributed by atoms with Crippen molar-refractivity contribution in [2.24, 2.45) is 0 Å². The Morgan fingerprint density at radius 3 is 2.76 bits per heavy atom. The molecular weight excluding hydrogens is 421 g/mol. The highest BCUT2D eigenvalue weighted by Gasteiger charge is 2.19. The number of hydrogen-bond donors (Lipinski definition) is 2. The topological polar surface area (TPSA) is 88.0 Å². The van der Waals surface area contributed by atoms with Crippen LogP contribution in [0.15, 0.2) is 47.4 Å². The maximum absolute atomic E-state index is 14.6. The molecule has 0 radical (unpaired) electrons. The molecule has 33 heavy (non-hydrogen) atoms. The minimum Gasteiger partial charge on any atom is -0.373 e. The lowest BCUT2D eigenvalue weighted by Crippen LogP contribution is -2.26. The Balaban J connectivity index is 1.56. The van der Waals surface area contributed by atoms with Gasteiger partial charge in [0.2, 0.25) is 5.95 Å². The van der Waals surface area contributed by atoms with Gasteiger partial charge in [-0.15, -0.1) is 0 Å². The van der Waals surface area contributed by atoms with Crippen molar-refractivity contribution in [3.05, 3.63) is 75.6 Å². The largest absolute Gasteiger partial charge is 0.373 e. The smallest absolute Gasteiger partial charge is 0.355 e. The second-order valence-corrected chi connectivity index (χ2v) is 8.26. The zero-order chi connectivity index (χ0) is 23.1. The van der Waals surface area contributed by atoms with Gasteiger partial charge in [-0.25, -0.2) is 18.7 Å². The van der Waals surface area contributed by atoms with Crippen LogP contribution in [-0.4, -0.2) is 45.1 Å². The van der Waals surface area contributed by atoms with Crippen LogP contribution >= 0.6 is 0 Å². The van der Waals surface area contributed by atoms with Crippen LogP contribution in [0, 0.1) is 12.7 Å². The molecule has 2 aromatic carbocycles.